The second kappa shape index (κ2) is 4.48. The monoisotopic (exact) mass is 240 g/mol. The normalized spacial score (nSPS) is 11.1. The number of rotatable bonds is 2. The van der Waals surface area contributed by atoms with Gasteiger partial charge in [-0.05, 0) is 27.7 Å². The van der Waals surface area contributed by atoms with Gasteiger partial charge in [0.2, 0.25) is 0 Å². The lowest BCUT2D eigenvalue weighted by molar-refractivity contribution is 0.0636. The van der Waals surface area contributed by atoms with Crippen molar-refractivity contribution in [3.63, 3.8) is 0 Å². The summed E-state index contributed by atoms with van der Waals surface area (Å²) < 4.78 is 5.03. The first-order valence-corrected chi connectivity index (χ1v) is 5.12. The fourth-order valence-electron chi connectivity index (χ4n) is 1.31. The molecule has 0 unspecified atom stereocenters. The highest BCUT2D eigenvalue weighted by atomic mass is 16.6. The first-order valence-electron chi connectivity index (χ1n) is 5.12. The Morgan fingerprint density at radius 3 is 2.47 bits per heavy atom. The smallest absolute Gasteiger partial charge is 0.412 e. The van der Waals surface area contributed by atoms with E-state index in [1.165, 1.54) is 6.20 Å². The van der Waals surface area contributed by atoms with E-state index in [1.807, 2.05) is 0 Å². The number of anilines is 1. The zero-order valence-electron chi connectivity index (χ0n) is 10.2. The summed E-state index contributed by atoms with van der Waals surface area (Å²) in [6, 6.07) is 0. The van der Waals surface area contributed by atoms with Gasteiger partial charge >= 0.3 is 12.1 Å². The predicted molar refractivity (Wildman–Crippen MR) is 62.3 cm³/mol. The number of hydrogen-bond acceptors (Lipinski definition) is 3. The van der Waals surface area contributed by atoms with Gasteiger partial charge in [0, 0.05) is 11.9 Å². The van der Waals surface area contributed by atoms with E-state index in [0.29, 0.717) is 5.69 Å². The molecule has 0 bridgehead atoms. The van der Waals surface area contributed by atoms with Gasteiger partial charge < -0.3 is 14.8 Å². The Morgan fingerprint density at radius 1 is 1.41 bits per heavy atom. The van der Waals surface area contributed by atoms with Gasteiger partial charge in [-0.2, -0.15) is 0 Å². The minimum atomic E-state index is -1.10. The number of aromatic amines is 1. The lowest BCUT2D eigenvalue weighted by atomic mass is 10.2. The van der Waals surface area contributed by atoms with Crippen molar-refractivity contribution in [1.82, 2.24) is 4.98 Å². The number of amides is 1. The number of carbonyl (C=O) groups is 2. The van der Waals surface area contributed by atoms with Gasteiger partial charge in [-0.3, -0.25) is 5.32 Å². The Labute approximate surface area is 99.0 Å². The average Bonchev–Trinajstić information content (AvgIpc) is 2.42. The molecule has 1 heterocycles. The van der Waals surface area contributed by atoms with Gasteiger partial charge in [-0.1, -0.05) is 0 Å². The average molecular weight is 240 g/mol. The molecule has 0 atom stereocenters. The minimum Gasteiger partial charge on any atom is -0.478 e. The van der Waals surface area contributed by atoms with Gasteiger partial charge in [0.05, 0.1) is 5.69 Å². The van der Waals surface area contributed by atoms with Crippen molar-refractivity contribution >= 4 is 17.7 Å². The van der Waals surface area contributed by atoms with Crippen molar-refractivity contribution in [3.8, 4) is 0 Å². The molecule has 0 fully saturated rings. The molecule has 0 saturated heterocycles. The van der Waals surface area contributed by atoms with Crippen molar-refractivity contribution in [2.24, 2.45) is 0 Å². The lowest BCUT2D eigenvalue weighted by Gasteiger charge is -2.19. The Kier molecular flexibility index (Phi) is 3.45. The topological polar surface area (TPSA) is 91.4 Å². The van der Waals surface area contributed by atoms with E-state index in [4.69, 9.17) is 9.84 Å². The highest BCUT2D eigenvalue weighted by Crippen LogP contribution is 2.20. The van der Waals surface area contributed by atoms with Crippen molar-refractivity contribution in [1.29, 1.82) is 0 Å². The van der Waals surface area contributed by atoms with Crippen LogP contribution in [0.4, 0.5) is 10.5 Å². The number of carbonyl (C=O) groups excluding carboxylic acids is 1. The van der Waals surface area contributed by atoms with Crippen LogP contribution >= 0.6 is 0 Å². The quantitative estimate of drug-likeness (QED) is 0.740. The van der Waals surface area contributed by atoms with Crippen LogP contribution in [0.5, 0.6) is 0 Å². The first kappa shape index (κ1) is 13.1. The third-order valence-corrected chi connectivity index (χ3v) is 1.93. The molecule has 0 aliphatic carbocycles. The number of carboxylic acid groups (broad SMARTS) is 1. The van der Waals surface area contributed by atoms with Gasteiger partial charge in [0.25, 0.3) is 0 Å². The van der Waals surface area contributed by atoms with Crippen molar-refractivity contribution in [3.05, 3.63) is 17.5 Å². The van der Waals surface area contributed by atoms with Crippen molar-refractivity contribution in [2.45, 2.75) is 33.3 Å². The number of hydrogen-bond donors (Lipinski definition) is 3. The first-order chi connectivity index (χ1) is 7.70. The molecule has 0 radical (unpaired) electrons. The molecule has 6 nitrogen and oxygen atoms in total. The maximum atomic E-state index is 11.5. The number of nitrogens with one attached hydrogen (secondary N) is 2. The number of aromatic carboxylic acids is 1. The molecule has 0 aliphatic heterocycles. The maximum Gasteiger partial charge on any atom is 0.412 e. The predicted octanol–water partition coefficient (Wildman–Crippen LogP) is 2.37. The molecule has 1 amide bonds. The Morgan fingerprint density at radius 2 is 2.00 bits per heavy atom. The van der Waals surface area contributed by atoms with Gasteiger partial charge in [0.1, 0.15) is 11.2 Å². The van der Waals surface area contributed by atoms with E-state index in [9.17, 15) is 9.59 Å². The molecule has 6 heteroatoms. The Bertz CT molecular complexity index is 443. The van der Waals surface area contributed by atoms with Crippen LogP contribution in [0.1, 0.15) is 36.8 Å². The van der Waals surface area contributed by atoms with Crippen LogP contribution in [-0.2, 0) is 4.74 Å². The maximum absolute atomic E-state index is 11.5. The van der Waals surface area contributed by atoms with Crippen molar-refractivity contribution < 1.29 is 19.4 Å². The fraction of sp³-hybridized carbons (Fsp3) is 0.455. The van der Waals surface area contributed by atoms with Crippen LogP contribution in [0.2, 0.25) is 0 Å². The van der Waals surface area contributed by atoms with Crippen LogP contribution in [-0.4, -0.2) is 27.8 Å². The summed E-state index contributed by atoms with van der Waals surface area (Å²) in [5.41, 5.74) is 0.0856. The van der Waals surface area contributed by atoms with Crippen molar-refractivity contribution in [2.75, 3.05) is 5.32 Å². The number of ether oxygens (including phenoxy) is 1. The lowest BCUT2D eigenvalue weighted by Crippen LogP contribution is -2.27. The van der Waals surface area contributed by atoms with Gasteiger partial charge in [-0.25, -0.2) is 9.59 Å². The van der Waals surface area contributed by atoms with E-state index in [0.717, 1.165) is 0 Å². The summed E-state index contributed by atoms with van der Waals surface area (Å²) >= 11 is 0. The van der Waals surface area contributed by atoms with Gasteiger partial charge in [0.15, 0.2) is 0 Å². The largest absolute Gasteiger partial charge is 0.478 e. The highest BCUT2D eigenvalue weighted by Gasteiger charge is 2.20. The molecule has 3 N–H and O–H groups in total. The van der Waals surface area contributed by atoms with Crippen LogP contribution in [0.25, 0.3) is 0 Å². The molecule has 0 saturated carbocycles. The highest BCUT2D eigenvalue weighted by molar-refractivity contribution is 5.99. The molecule has 1 aromatic heterocycles. The molecule has 1 aromatic rings. The third kappa shape index (κ3) is 3.51. The van der Waals surface area contributed by atoms with E-state index >= 15 is 0 Å². The number of H-pyrrole nitrogens is 1. The molecule has 0 aromatic carbocycles. The molecule has 94 valence electrons. The molecule has 1 rings (SSSR count). The van der Waals surface area contributed by atoms with E-state index in [2.05, 4.69) is 10.3 Å². The minimum absolute atomic E-state index is 0.0378. The second-order valence-electron chi connectivity index (χ2n) is 4.63. The zero-order valence-corrected chi connectivity index (χ0v) is 10.2. The molecular weight excluding hydrogens is 224 g/mol. The summed E-state index contributed by atoms with van der Waals surface area (Å²) in [6.45, 7) is 6.80. The molecular formula is C11H16N2O4. The second-order valence-corrected chi connectivity index (χ2v) is 4.63. The van der Waals surface area contributed by atoms with E-state index in [-0.39, 0.29) is 11.3 Å². The summed E-state index contributed by atoms with van der Waals surface area (Å²) in [6.07, 6.45) is 0.738. The third-order valence-electron chi connectivity index (χ3n) is 1.93. The molecule has 17 heavy (non-hydrogen) atoms. The number of aromatic nitrogens is 1. The Hall–Kier alpha value is -1.98. The standard InChI is InChI=1S/C11H16N2O4/c1-6-8(9(14)15)7(5-12-6)13-10(16)17-11(2,3)4/h5,12H,1-4H3,(H,13,16)(H,14,15). The summed E-state index contributed by atoms with van der Waals surface area (Å²) in [5.74, 6) is -1.10. The molecule has 0 spiro atoms. The Balaban J connectivity index is 2.83. The van der Waals surface area contributed by atoms with Crippen LogP contribution < -0.4 is 5.32 Å². The van der Waals surface area contributed by atoms with Crippen LogP contribution in [0, 0.1) is 6.92 Å². The van der Waals surface area contributed by atoms with Crippen LogP contribution in [0.15, 0.2) is 6.20 Å². The summed E-state index contributed by atoms with van der Waals surface area (Å²) in [7, 11) is 0. The molecule has 0 aliphatic rings. The summed E-state index contributed by atoms with van der Waals surface area (Å²) in [4.78, 5) is 25.2. The van der Waals surface area contributed by atoms with E-state index in [1.54, 1.807) is 27.7 Å². The van der Waals surface area contributed by atoms with Crippen LogP contribution in [0.3, 0.4) is 0 Å². The zero-order chi connectivity index (χ0) is 13.2. The fourth-order valence-corrected chi connectivity index (χ4v) is 1.31. The van der Waals surface area contributed by atoms with Gasteiger partial charge in [-0.15, -0.1) is 0 Å². The van der Waals surface area contributed by atoms with E-state index < -0.39 is 17.7 Å². The summed E-state index contributed by atoms with van der Waals surface area (Å²) in [5, 5.41) is 11.4. The number of carboxylic acids is 1. The number of aryl methyl sites for hydroxylation is 1. The SMILES string of the molecule is Cc1[nH]cc(NC(=O)OC(C)(C)C)c1C(=O)O.